The monoisotopic (exact) mass is 267 g/mol. The van der Waals surface area contributed by atoms with E-state index >= 15 is 0 Å². The van der Waals surface area contributed by atoms with E-state index in [9.17, 15) is 4.39 Å². The zero-order chi connectivity index (χ0) is 13.9. The Bertz CT molecular complexity index is 474. The molecule has 0 aliphatic carbocycles. The van der Waals surface area contributed by atoms with Crippen molar-refractivity contribution in [2.75, 3.05) is 25.6 Å². The summed E-state index contributed by atoms with van der Waals surface area (Å²) in [5.41, 5.74) is 1.73. The first kappa shape index (κ1) is 13.8. The van der Waals surface area contributed by atoms with Gasteiger partial charge in [0.25, 0.3) is 0 Å². The van der Waals surface area contributed by atoms with Crippen LogP contribution < -0.4 is 10.1 Å². The number of hydrogen-bond acceptors (Lipinski definition) is 4. The highest BCUT2D eigenvalue weighted by molar-refractivity contribution is 5.51. The number of halogens is 1. The number of benzene rings is 1. The zero-order valence-corrected chi connectivity index (χ0v) is 11.3. The van der Waals surface area contributed by atoms with Gasteiger partial charge in [-0.3, -0.25) is 0 Å². The fourth-order valence-electron chi connectivity index (χ4n) is 1.63. The topological polar surface area (TPSA) is 39.7 Å². The maximum atomic E-state index is 13.2. The maximum absolute atomic E-state index is 13.2. The third kappa shape index (κ3) is 3.68. The summed E-state index contributed by atoms with van der Waals surface area (Å²) in [6.45, 7) is 4.78. The van der Waals surface area contributed by atoms with Gasteiger partial charge in [-0.2, -0.15) is 0 Å². The molecule has 0 radical (unpaired) electrons. The van der Waals surface area contributed by atoms with Crippen molar-refractivity contribution in [2.24, 2.45) is 0 Å². The second kappa shape index (κ2) is 5.59. The summed E-state index contributed by atoms with van der Waals surface area (Å²) in [5, 5.41) is 3.07. The summed E-state index contributed by atoms with van der Waals surface area (Å²) < 4.78 is 29.2. The third-order valence-electron chi connectivity index (χ3n) is 2.80. The summed E-state index contributed by atoms with van der Waals surface area (Å²) >= 11 is 0. The zero-order valence-electron chi connectivity index (χ0n) is 11.3. The number of anilines is 1. The predicted octanol–water partition coefficient (Wildman–Crippen LogP) is 2.91. The summed E-state index contributed by atoms with van der Waals surface area (Å²) in [4.78, 5) is 0. The largest absolute Gasteiger partial charge is 0.494 e. The van der Waals surface area contributed by atoms with E-state index < -0.39 is 5.79 Å². The average Bonchev–Trinajstić information content (AvgIpc) is 2.39. The molecule has 19 heavy (non-hydrogen) atoms. The van der Waals surface area contributed by atoms with Gasteiger partial charge in [0, 0.05) is 18.0 Å². The van der Waals surface area contributed by atoms with Crippen molar-refractivity contribution in [1.29, 1.82) is 0 Å². The molecule has 0 atom stereocenters. The normalized spacial score (nSPS) is 18.0. The van der Waals surface area contributed by atoms with Crippen LogP contribution in [0.3, 0.4) is 0 Å². The minimum absolute atomic E-state index is 0.209. The van der Waals surface area contributed by atoms with E-state index in [1.54, 1.807) is 12.1 Å². The lowest BCUT2D eigenvalue weighted by Crippen LogP contribution is -2.35. The molecule has 1 aliphatic heterocycles. The lowest BCUT2D eigenvalue weighted by molar-refractivity contribution is -0.225. The highest BCUT2D eigenvalue weighted by atomic mass is 19.1. The molecule has 2 rings (SSSR count). The molecule has 1 saturated heterocycles. The first-order valence-corrected chi connectivity index (χ1v) is 6.06. The Labute approximate surface area is 112 Å². The molecule has 1 aromatic rings. The highest BCUT2D eigenvalue weighted by Gasteiger charge is 2.24. The van der Waals surface area contributed by atoms with E-state index in [1.807, 2.05) is 20.0 Å². The number of hydrogen-bond donors (Lipinski definition) is 1. The van der Waals surface area contributed by atoms with Crippen LogP contribution in [0, 0.1) is 5.82 Å². The second-order valence-electron chi connectivity index (χ2n) is 4.77. The quantitative estimate of drug-likeness (QED) is 0.914. The number of methoxy groups -OCH3 is 1. The molecule has 4 nitrogen and oxygen atoms in total. The molecule has 0 saturated carbocycles. The molecule has 1 N–H and O–H groups in total. The van der Waals surface area contributed by atoms with Gasteiger partial charge in [0.1, 0.15) is 0 Å². The first-order valence-electron chi connectivity index (χ1n) is 6.06. The fourth-order valence-corrected chi connectivity index (χ4v) is 1.63. The molecule has 0 spiro atoms. The van der Waals surface area contributed by atoms with Gasteiger partial charge in [-0.25, -0.2) is 4.39 Å². The van der Waals surface area contributed by atoms with Crippen LogP contribution in [0.25, 0.3) is 0 Å². The Morgan fingerprint density at radius 3 is 2.63 bits per heavy atom. The van der Waals surface area contributed by atoms with Crippen molar-refractivity contribution in [3.05, 3.63) is 35.8 Å². The summed E-state index contributed by atoms with van der Waals surface area (Å²) in [6.07, 6.45) is 1.81. The van der Waals surface area contributed by atoms with Gasteiger partial charge in [-0.15, -0.1) is 0 Å². The van der Waals surface area contributed by atoms with E-state index in [0.29, 0.717) is 13.2 Å². The van der Waals surface area contributed by atoms with Crippen LogP contribution in [0.5, 0.6) is 5.75 Å². The molecular weight excluding hydrogens is 249 g/mol. The van der Waals surface area contributed by atoms with Gasteiger partial charge in [0.05, 0.1) is 20.3 Å². The first-order chi connectivity index (χ1) is 9.00. The molecule has 1 heterocycles. The Balaban J connectivity index is 1.99. The standard InChI is InChI=1S/C14H18FNO3/c1-14(2)18-8-10(9-19-14)7-16-11-4-5-12(15)13(6-11)17-3/h4-7,16H,8-9H2,1-3H3. The van der Waals surface area contributed by atoms with Gasteiger partial charge in [0.2, 0.25) is 0 Å². The smallest absolute Gasteiger partial charge is 0.165 e. The minimum atomic E-state index is -0.531. The number of nitrogens with one attached hydrogen (secondary N) is 1. The second-order valence-corrected chi connectivity index (χ2v) is 4.77. The molecule has 0 bridgehead atoms. The molecule has 0 amide bonds. The maximum Gasteiger partial charge on any atom is 0.165 e. The van der Waals surface area contributed by atoms with Crippen molar-refractivity contribution >= 4 is 5.69 Å². The van der Waals surface area contributed by atoms with Gasteiger partial charge in [0.15, 0.2) is 17.4 Å². The highest BCUT2D eigenvalue weighted by Crippen LogP contribution is 2.23. The Morgan fingerprint density at radius 2 is 2.00 bits per heavy atom. The minimum Gasteiger partial charge on any atom is -0.494 e. The molecular formula is C14H18FNO3. The lowest BCUT2D eigenvalue weighted by Gasteiger charge is -2.31. The Hall–Kier alpha value is -1.59. The molecule has 1 aromatic carbocycles. The van der Waals surface area contributed by atoms with Gasteiger partial charge >= 0.3 is 0 Å². The Morgan fingerprint density at radius 1 is 1.32 bits per heavy atom. The van der Waals surface area contributed by atoms with E-state index in [-0.39, 0.29) is 11.6 Å². The van der Waals surface area contributed by atoms with Crippen LogP contribution >= 0.6 is 0 Å². The van der Waals surface area contributed by atoms with Gasteiger partial charge in [-0.1, -0.05) is 0 Å². The lowest BCUT2D eigenvalue weighted by atomic mass is 10.2. The van der Waals surface area contributed by atoms with E-state index in [2.05, 4.69) is 5.32 Å². The molecule has 0 aromatic heterocycles. The van der Waals surface area contributed by atoms with Crippen molar-refractivity contribution in [3.8, 4) is 5.75 Å². The van der Waals surface area contributed by atoms with E-state index in [0.717, 1.165) is 11.3 Å². The van der Waals surface area contributed by atoms with Gasteiger partial charge in [-0.05, 0) is 31.6 Å². The number of ether oxygens (including phenoxy) is 3. The summed E-state index contributed by atoms with van der Waals surface area (Å²) in [6, 6.07) is 4.60. The van der Waals surface area contributed by atoms with Gasteiger partial charge < -0.3 is 19.5 Å². The van der Waals surface area contributed by atoms with Crippen LogP contribution in [0.4, 0.5) is 10.1 Å². The summed E-state index contributed by atoms with van der Waals surface area (Å²) in [7, 11) is 1.44. The Kier molecular flexibility index (Phi) is 4.07. The van der Waals surface area contributed by atoms with E-state index in [4.69, 9.17) is 14.2 Å². The summed E-state index contributed by atoms with van der Waals surface area (Å²) in [5.74, 6) is -0.705. The van der Waals surface area contributed by atoms with Crippen molar-refractivity contribution in [2.45, 2.75) is 19.6 Å². The van der Waals surface area contributed by atoms with Crippen LogP contribution in [0.1, 0.15) is 13.8 Å². The molecule has 1 fully saturated rings. The third-order valence-corrected chi connectivity index (χ3v) is 2.80. The van der Waals surface area contributed by atoms with Crippen LogP contribution in [0.15, 0.2) is 30.0 Å². The predicted molar refractivity (Wildman–Crippen MR) is 70.6 cm³/mol. The van der Waals surface area contributed by atoms with Crippen LogP contribution in [-0.4, -0.2) is 26.1 Å². The molecule has 104 valence electrons. The fraction of sp³-hybridized carbons (Fsp3) is 0.429. The van der Waals surface area contributed by atoms with Crippen LogP contribution in [0.2, 0.25) is 0 Å². The SMILES string of the molecule is COc1cc(NC=C2COC(C)(C)OC2)ccc1F. The number of rotatable bonds is 3. The van der Waals surface area contributed by atoms with Crippen molar-refractivity contribution in [3.63, 3.8) is 0 Å². The van der Waals surface area contributed by atoms with Crippen LogP contribution in [-0.2, 0) is 9.47 Å². The van der Waals surface area contributed by atoms with Crippen molar-refractivity contribution in [1.82, 2.24) is 0 Å². The molecule has 5 heteroatoms. The average molecular weight is 267 g/mol. The molecule has 0 unspecified atom stereocenters. The van der Waals surface area contributed by atoms with E-state index in [1.165, 1.54) is 13.2 Å². The van der Waals surface area contributed by atoms with Crippen molar-refractivity contribution < 1.29 is 18.6 Å². The molecule has 1 aliphatic rings.